The van der Waals surface area contributed by atoms with Crippen molar-refractivity contribution in [3.05, 3.63) is 23.8 Å². The van der Waals surface area contributed by atoms with Crippen molar-refractivity contribution in [3.63, 3.8) is 0 Å². The van der Waals surface area contributed by atoms with E-state index in [-0.39, 0.29) is 18.1 Å². The Labute approximate surface area is 191 Å². The van der Waals surface area contributed by atoms with E-state index in [1.54, 1.807) is 0 Å². The first kappa shape index (κ1) is 22.7. The molecule has 3 N–H and O–H groups in total. The van der Waals surface area contributed by atoms with Crippen LogP contribution in [0.15, 0.2) is 18.2 Å². The molecule has 0 atom stereocenters. The van der Waals surface area contributed by atoms with Crippen molar-refractivity contribution < 1.29 is 14.3 Å². The Balaban J connectivity index is 1.21. The van der Waals surface area contributed by atoms with Gasteiger partial charge in [0.2, 0.25) is 0 Å². The van der Waals surface area contributed by atoms with Crippen molar-refractivity contribution in [3.8, 4) is 0 Å². The number of benzene rings is 1. The van der Waals surface area contributed by atoms with Crippen LogP contribution in [-0.4, -0.2) is 68.4 Å². The first-order chi connectivity index (χ1) is 15.6. The van der Waals surface area contributed by atoms with E-state index in [4.69, 9.17) is 4.74 Å². The molecule has 1 aliphatic carbocycles. The van der Waals surface area contributed by atoms with Crippen LogP contribution in [0.5, 0.6) is 0 Å². The molecule has 0 bridgehead atoms. The predicted octanol–water partition coefficient (Wildman–Crippen LogP) is 3.46. The van der Waals surface area contributed by atoms with E-state index >= 15 is 0 Å². The number of nitrogens with one attached hydrogen (secondary N) is 3. The van der Waals surface area contributed by atoms with E-state index in [9.17, 15) is 9.59 Å². The maximum Gasteiger partial charge on any atom is 0.321 e. The highest BCUT2D eigenvalue weighted by molar-refractivity contribution is 5.90. The zero-order valence-electron chi connectivity index (χ0n) is 19.2. The fourth-order valence-corrected chi connectivity index (χ4v) is 4.89. The van der Waals surface area contributed by atoms with E-state index in [2.05, 4.69) is 33.0 Å². The number of ether oxygens (including phenoxy) is 1. The lowest BCUT2D eigenvalue weighted by atomic mass is 9.96. The molecule has 2 aliphatic heterocycles. The minimum Gasteiger partial charge on any atom is -0.378 e. The molecule has 0 aromatic heterocycles. The number of aryl methyl sites for hydroxylation is 1. The number of hydrogen-bond donors (Lipinski definition) is 3. The molecule has 176 valence electrons. The molecule has 2 heterocycles. The third kappa shape index (κ3) is 6.06. The number of hydrogen-bond acceptors (Lipinski definition) is 4. The zero-order valence-corrected chi connectivity index (χ0v) is 19.2. The van der Waals surface area contributed by atoms with Crippen LogP contribution in [0.1, 0.15) is 50.5 Å². The first-order valence-corrected chi connectivity index (χ1v) is 12.1. The van der Waals surface area contributed by atoms with Gasteiger partial charge >= 0.3 is 12.1 Å². The van der Waals surface area contributed by atoms with Gasteiger partial charge in [0.15, 0.2) is 0 Å². The number of rotatable bonds is 4. The SMILES string of the molecule is Cc1cc(N2CCOCC2)ccc1NC(=O)N1CCC(NC(=O)NC2CCCCC2)CC1. The van der Waals surface area contributed by atoms with Gasteiger partial charge in [-0.2, -0.15) is 0 Å². The summed E-state index contributed by atoms with van der Waals surface area (Å²) in [7, 11) is 0. The van der Waals surface area contributed by atoms with Crippen molar-refractivity contribution >= 4 is 23.4 Å². The van der Waals surface area contributed by atoms with Crippen LogP contribution in [0.4, 0.5) is 21.0 Å². The van der Waals surface area contributed by atoms with E-state index in [0.29, 0.717) is 19.1 Å². The zero-order chi connectivity index (χ0) is 22.3. The normalized spacial score (nSPS) is 20.7. The fraction of sp³-hybridized carbons (Fsp3) is 0.667. The highest BCUT2D eigenvalue weighted by Crippen LogP contribution is 2.24. The third-order valence-corrected chi connectivity index (χ3v) is 6.89. The van der Waals surface area contributed by atoms with Gasteiger partial charge in [-0.05, 0) is 56.4 Å². The van der Waals surface area contributed by atoms with E-state index in [1.807, 2.05) is 17.9 Å². The number of anilines is 2. The number of amides is 4. The Hall–Kier alpha value is -2.48. The molecule has 2 saturated heterocycles. The summed E-state index contributed by atoms with van der Waals surface area (Å²) in [5, 5.41) is 9.28. The molecular formula is C24H37N5O3. The molecule has 0 radical (unpaired) electrons. The van der Waals surface area contributed by atoms with Gasteiger partial charge < -0.3 is 30.5 Å². The summed E-state index contributed by atoms with van der Waals surface area (Å²) in [6.45, 7) is 6.62. The highest BCUT2D eigenvalue weighted by atomic mass is 16.5. The smallest absolute Gasteiger partial charge is 0.321 e. The van der Waals surface area contributed by atoms with Gasteiger partial charge in [-0.25, -0.2) is 9.59 Å². The molecule has 1 aromatic carbocycles. The Bertz CT molecular complexity index is 782. The van der Waals surface area contributed by atoms with Gasteiger partial charge in [0.05, 0.1) is 13.2 Å². The molecule has 8 heteroatoms. The molecule has 1 saturated carbocycles. The van der Waals surface area contributed by atoms with Crippen molar-refractivity contribution in [1.82, 2.24) is 15.5 Å². The first-order valence-electron chi connectivity index (χ1n) is 12.1. The van der Waals surface area contributed by atoms with Crippen LogP contribution in [0.25, 0.3) is 0 Å². The average molecular weight is 444 g/mol. The van der Waals surface area contributed by atoms with Crippen LogP contribution in [-0.2, 0) is 4.74 Å². The summed E-state index contributed by atoms with van der Waals surface area (Å²) in [6, 6.07) is 6.48. The van der Waals surface area contributed by atoms with Gasteiger partial charge in [-0.1, -0.05) is 19.3 Å². The van der Waals surface area contributed by atoms with Gasteiger partial charge in [-0.15, -0.1) is 0 Å². The highest BCUT2D eigenvalue weighted by Gasteiger charge is 2.25. The monoisotopic (exact) mass is 443 g/mol. The van der Waals surface area contributed by atoms with Gasteiger partial charge in [0.25, 0.3) is 0 Å². The summed E-state index contributed by atoms with van der Waals surface area (Å²) in [5.74, 6) is 0. The molecule has 4 amide bonds. The number of carbonyl (C=O) groups is 2. The van der Waals surface area contributed by atoms with Crippen molar-refractivity contribution in [2.24, 2.45) is 0 Å². The second kappa shape index (κ2) is 10.9. The van der Waals surface area contributed by atoms with Crippen LogP contribution in [0.3, 0.4) is 0 Å². The topological polar surface area (TPSA) is 85.9 Å². The van der Waals surface area contributed by atoms with E-state index in [1.165, 1.54) is 24.9 Å². The van der Waals surface area contributed by atoms with Crippen LogP contribution >= 0.6 is 0 Å². The lowest BCUT2D eigenvalue weighted by Gasteiger charge is -2.33. The molecule has 0 spiro atoms. The number of likely N-dealkylation sites (tertiary alicyclic amines) is 1. The molecule has 4 rings (SSSR count). The molecule has 0 unspecified atom stereocenters. The molecular weight excluding hydrogens is 406 g/mol. The third-order valence-electron chi connectivity index (χ3n) is 6.89. The molecule has 1 aromatic rings. The minimum atomic E-state index is -0.0719. The molecule has 3 fully saturated rings. The number of urea groups is 2. The van der Waals surface area contributed by atoms with Crippen molar-refractivity contribution in [2.45, 2.75) is 64.0 Å². The van der Waals surface area contributed by atoms with Gasteiger partial charge in [-0.3, -0.25) is 0 Å². The second-order valence-electron chi connectivity index (χ2n) is 9.24. The second-order valence-corrected chi connectivity index (χ2v) is 9.24. The number of carbonyl (C=O) groups excluding carboxylic acids is 2. The van der Waals surface area contributed by atoms with Crippen LogP contribution < -0.4 is 20.9 Å². The number of nitrogens with zero attached hydrogens (tertiary/aromatic N) is 2. The minimum absolute atomic E-state index is 0.0595. The van der Waals surface area contributed by atoms with Gasteiger partial charge in [0, 0.05) is 49.6 Å². The van der Waals surface area contributed by atoms with Gasteiger partial charge in [0.1, 0.15) is 0 Å². The Morgan fingerprint density at radius 2 is 1.56 bits per heavy atom. The van der Waals surface area contributed by atoms with Crippen LogP contribution in [0, 0.1) is 6.92 Å². The molecule has 32 heavy (non-hydrogen) atoms. The summed E-state index contributed by atoms with van der Waals surface area (Å²) >= 11 is 0. The molecule has 3 aliphatic rings. The summed E-state index contributed by atoms with van der Waals surface area (Å²) in [4.78, 5) is 29.2. The number of piperidine rings is 1. The number of morpholine rings is 1. The maximum atomic E-state index is 12.8. The fourth-order valence-electron chi connectivity index (χ4n) is 4.89. The predicted molar refractivity (Wildman–Crippen MR) is 126 cm³/mol. The molecule has 8 nitrogen and oxygen atoms in total. The Morgan fingerprint density at radius 3 is 2.22 bits per heavy atom. The Morgan fingerprint density at radius 1 is 0.906 bits per heavy atom. The van der Waals surface area contributed by atoms with Crippen molar-refractivity contribution in [1.29, 1.82) is 0 Å². The van der Waals surface area contributed by atoms with E-state index < -0.39 is 0 Å². The Kier molecular flexibility index (Phi) is 7.73. The summed E-state index contributed by atoms with van der Waals surface area (Å²) < 4.78 is 5.43. The van der Waals surface area contributed by atoms with E-state index in [0.717, 1.165) is 63.2 Å². The van der Waals surface area contributed by atoms with Crippen molar-refractivity contribution in [2.75, 3.05) is 49.6 Å². The largest absolute Gasteiger partial charge is 0.378 e. The quantitative estimate of drug-likeness (QED) is 0.665. The average Bonchev–Trinajstić information content (AvgIpc) is 2.82. The lowest BCUT2D eigenvalue weighted by Crippen LogP contribution is -2.51. The summed E-state index contributed by atoms with van der Waals surface area (Å²) in [6.07, 6.45) is 7.40. The lowest BCUT2D eigenvalue weighted by molar-refractivity contribution is 0.122. The standard InChI is InChI=1S/C24H37N5O3/c1-18-17-21(28-13-15-32-16-14-28)7-8-22(18)27-24(31)29-11-9-20(10-12-29)26-23(30)25-19-5-3-2-4-6-19/h7-8,17,19-20H,2-6,9-16H2,1H3,(H,27,31)(H2,25,26,30). The van der Waals surface area contributed by atoms with Crippen LogP contribution in [0.2, 0.25) is 0 Å². The summed E-state index contributed by atoms with van der Waals surface area (Å²) in [5.41, 5.74) is 3.07. The maximum absolute atomic E-state index is 12.8.